The quantitative estimate of drug-likeness (QED) is 0.865. The Labute approximate surface area is 96.3 Å². The van der Waals surface area contributed by atoms with Gasteiger partial charge in [-0.25, -0.2) is 13.8 Å². The lowest BCUT2D eigenvalue weighted by molar-refractivity contribution is -0.123. The number of likely N-dealkylation sites (N-methyl/N-ethyl adjacent to an activating group) is 1. The molecule has 6 heteroatoms. The van der Waals surface area contributed by atoms with Crippen molar-refractivity contribution < 1.29 is 13.6 Å². The summed E-state index contributed by atoms with van der Waals surface area (Å²) in [5.74, 6) is -2.13. The molecule has 0 spiro atoms. The molecule has 2 aromatic rings. The van der Waals surface area contributed by atoms with Crippen molar-refractivity contribution in [1.29, 1.82) is 0 Å². The summed E-state index contributed by atoms with van der Waals surface area (Å²) in [7, 11) is 1.51. The van der Waals surface area contributed by atoms with E-state index in [4.69, 9.17) is 0 Å². The Kier molecular flexibility index (Phi) is 2.79. The number of benzene rings is 1. The van der Waals surface area contributed by atoms with Crippen molar-refractivity contribution in [1.82, 2.24) is 14.9 Å². The van der Waals surface area contributed by atoms with Crippen LogP contribution in [0.1, 0.15) is 13.0 Å². The molecule has 17 heavy (non-hydrogen) atoms. The highest BCUT2D eigenvalue weighted by Gasteiger charge is 2.17. The monoisotopic (exact) mass is 239 g/mol. The third kappa shape index (κ3) is 1.86. The summed E-state index contributed by atoms with van der Waals surface area (Å²) in [4.78, 5) is 15.4. The van der Waals surface area contributed by atoms with Crippen LogP contribution >= 0.6 is 0 Å². The molecule has 0 aliphatic heterocycles. The number of nitrogens with one attached hydrogen (secondary N) is 1. The Hall–Kier alpha value is -1.98. The molecule has 2 rings (SSSR count). The second kappa shape index (κ2) is 4.12. The van der Waals surface area contributed by atoms with Crippen LogP contribution in [0, 0.1) is 11.6 Å². The van der Waals surface area contributed by atoms with Gasteiger partial charge >= 0.3 is 0 Å². The van der Waals surface area contributed by atoms with Gasteiger partial charge in [0.1, 0.15) is 6.04 Å². The van der Waals surface area contributed by atoms with Gasteiger partial charge < -0.3 is 9.88 Å². The van der Waals surface area contributed by atoms with Crippen LogP contribution < -0.4 is 5.32 Å². The smallest absolute Gasteiger partial charge is 0.242 e. The van der Waals surface area contributed by atoms with Crippen LogP contribution in [-0.4, -0.2) is 22.5 Å². The number of carbonyl (C=O) groups excluding carboxylic acids is 1. The first-order chi connectivity index (χ1) is 8.04. The van der Waals surface area contributed by atoms with E-state index in [0.29, 0.717) is 11.0 Å². The highest BCUT2D eigenvalue weighted by atomic mass is 19.2. The van der Waals surface area contributed by atoms with Gasteiger partial charge in [-0.05, 0) is 6.92 Å². The number of hydrogen-bond donors (Lipinski definition) is 1. The zero-order valence-corrected chi connectivity index (χ0v) is 9.37. The molecule has 0 bridgehead atoms. The molecule has 0 aliphatic carbocycles. The first kappa shape index (κ1) is 11.5. The number of imidazole rings is 1. The Morgan fingerprint density at radius 3 is 2.71 bits per heavy atom. The van der Waals surface area contributed by atoms with Gasteiger partial charge in [-0.15, -0.1) is 0 Å². The molecule has 1 aromatic carbocycles. The average Bonchev–Trinajstić information content (AvgIpc) is 2.70. The summed E-state index contributed by atoms with van der Waals surface area (Å²) in [5, 5.41) is 2.49. The largest absolute Gasteiger partial charge is 0.357 e. The fraction of sp³-hybridized carbons (Fsp3) is 0.273. The summed E-state index contributed by atoms with van der Waals surface area (Å²) in [6.07, 6.45) is 1.39. The lowest BCUT2D eigenvalue weighted by Gasteiger charge is -2.12. The van der Waals surface area contributed by atoms with E-state index >= 15 is 0 Å². The second-order valence-electron chi connectivity index (χ2n) is 3.70. The van der Waals surface area contributed by atoms with E-state index in [2.05, 4.69) is 10.3 Å². The summed E-state index contributed by atoms with van der Waals surface area (Å²) >= 11 is 0. The van der Waals surface area contributed by atoms with Gasteiger partial charge in [-0.2, -0.15) is 0 Å². The van der Waals surface area contributed by atoms with E-state index < -0.39 is 17.7 Å². The average molecular weight is 239 g/mol. The van der Waals surface area contributed by atoms with E-state index in [9.17, 15) is 13.6 Å². The molecule has 1 heterocycles. The molecule has 1 aromatic heterocycles. The Morgan fingerprint density at radius 1 is 1.41 bits per heavy atom. The number of hydrogen-bond acceptors (Lipinski definition) is 2. The van der Waals surface area contributed by atoms with Gasteiger partial charge in [0.25, 0.3) is 0 Å². The van der Waals surface area contributed by atoms with Crippen molar-refractivity contribution in [2.45, 2.75) is 13.0 Å². The molecule has 0 saturated carbocycles. The van der Waals surface area contributed by atoms with E-state index in [1.54, 1.807) is 6.92 Å². The van der Waals surface area contributed by atoms with Gasteiger partial charge in [-0.3, -0.25) is 4.79 Å². The Morgan fingerprint density at radius 2 is 2.06 bits per heavy atom. The van der Waals surface area contributed by atoms with Crippen LogP contribution in [0.2, 0.25) is 0 Å². The number of fused-ring (bicyclic) bond motifs is 1. The molecule has 1 amide bonds. The number of carbonyl (C=O) groups is 1. The van der Waals surface area contributed by atoms with E-state index in [1.165, 1.54) is 17.9 Å². The summed E-state index contributed by atoms with van der Waals surface area (Å²) in [5.41, 5.74) is 0.708. The van der Waals surface area contributed by atoms with Crippen LogP contribution in [0.25, 0.3) is 11.0 Å². The zero-order chi connectivity index (χ0) is 12.6. The van der Waals surface area contributed by atoms with Gasteiger partial charge in [0.15, 0.2) is 11.6 Å². The fourth-order valence-corrected chi connectivity index (χ4v) is 1.67. The van der Waals surface area contributed by atoms with Crippen LogP contribution in [-0.2, 0) is 4.79 Å². The summed E-state index contributed by atoms with van der Waals surface area (Å²) in [6, 6.07) is 1.52. The second-order valence-corrected chi connectivity index (χ2v) is 3.70. The molecule has 0 radical (unpaired) electrons. The van der Waals surface area contributed by atoms with Crippen molar-refractivity contribution in [3.8, 4) is 0 Å². The van der Waals surface area contributed by atoms with Crippen molar-refractivity contribution in [2.24, 2.45) is 0 Å². The number of aromatic nitrogens is 2. The van der Waals surface area contributed by atoms with E-state index in [1.807, 2.05) is 0 Å². The molecular formula is C11H11F2N3O. The van der Waals surface area contributed by atoms with Crippen molar-refractivity contribution >= 4 is 16.9 Å². The van der Waals surface area contributed by atoms with Crippen LogP contribution in [0.15, 0.2) is 18.5 Å². The van der Waals surface area contributed by atoms with Gasteiger partial charge in [0, 0.05) is 19.2 Å². The predicted octanol–water partition coefficient (Wildman–Crippen LogP) is 1.62. The minimum Gasteiger partial charge on any atom is -0.357 e. The Balaban J connectivity index is 2.56. The van der Waals surface area contributed by atoms with Gasteiger partial charge in [0.2, 0.25) is 5.91 Å². The molecule has 0 aliphatic rings. The third-order valence-corrected chi connectivity index (χ3v) is 2.66. The molecule has 1 N–H and O–H groups in total. The standard InChI is InChI=1S/C11H11F2N3O/c1-6(11(17)14-2)16-5-15-9-3-7(12)8(13)4-10(9)16/h3-6H,1-2H3,(H,14,17). The zero-order valence-electron chi connectivity index (χ0n) is 9.37. The highest BCUT2D eigenvalue weighted by Crippen LogP contribution is 2.20. The summed E-state index contributed by atoms with van der Waals surface area (Å²) < 4.78 is 27.6. The molecule has 0 fully saturated rings. The molecule has 1 unspecified atom stereocenters. The van der Waals surface area contributed by atoms with Crippen LogP contribution in [0.5, 0.6) is 0 Å². The maximum absolute atomic E-state index is 13.1. The number of nitrogens with zero attached hydrogens (tertiary/aromatic N) is 2. The molecule has 90 valence electrons. The predicted molar refractivity (Wildman–Crippen MR) is 58.4 cm³/mol. The lowest BCUT2D eigenvalue weighted by Crippen LogP contribution is -2.27. The maximum atomic E-state index is 13.1. The number of halogens is 2. The lowest BCUT2D eigenvalue weighted by atomic mass is 10.2. The summed E-state index contributed by atoms with van der Waals surface area (Å²) in [6.45, 7) is 1.65. The van der Waals surface area contributed by atoms with Gasteiger partial charge in [-0.1, -0.05) is 0 Å². The number of amides is 1. The van der Waals surface area contributed by atoms with E-state index in [-0.39, 0.29) is 5.91 Å². The van der Waals surface area contributed by atoms with Crippen molar-refractivity contribution in [2.75, 3.05) is 7.05 Å². The third-order valence-electron chi connectivity index (χ3n) is 2.66. The highest BCUT2D eigenvalue weighted by molar-refractivity contribution is 5.83. The van der Waals surface area contributed by atoms with Crippen molar-refractivity contribution in [3.63, 3.8) is 0 Å². The van der Waals surface area contributed by atoms with Gasteiger partial charge in [0.05, 0.1) is 17.4 Å². The van der Waals surface area contributed by atoms with Crippen LogP contribution in [0.3, 0.4) is 0 Å². The maximum Gasteiger partial charge on any atom is 0.242 e. The minimum atomic E-state index is -0.955. The van der Waals surface area contributed by atoms with E-state index in [0.717, 1.165) is 12.1 Å². The van der Waals surface area contributed by atoms with Crippen molar-refractivity contribution in [3.05, 3.63) is 30.1 Å². The minimum absolute atomic E-state index is 0.228. The molecule has 0 saturated heterocycles. The molecule has 4 nitrogen and oxygen atoms in total. The topological polar surface area (TPSA) is 46.9 Å². The molecule has 1 atom stereocenters. The molecular weight excluding hydrogens is 228 g/mol. The first-order valence-electron chi connectivity index (χ1n) is 5.07. The number of rotatable bonds is 2. The van der Waals surface area contributed by atoms with Crippen LogP contribution in [0.4, 0.5) is 8.78 Å². The Bertz CT molecular complexity index is 579. The SMILES string of the molecule is CNC(=O)C(C)n1cnc2cc(F)c(F)cc21. The first-order valence-corrected chi connectivity index (χ1v) is 5.07. The normalized spacial score (nSPS) is 12.7. The fourth-order valence-electron chi connectivity index (χ4n) is 1.67.